The highest BCUT2D eigenvalue weighted by atomic mass is 16.3. The predicted octanol–water partition coefficient (Wildman–Crippen LogP) is 2.00. The first kappa shape index (κ1) is 11.0. The third-order valence-electron chi connectivity index (χ3n) is 3.19. The minimum absolute atomic E-state index is 0.422. The van der Waals surface area contributed by atoms with Gasteiger partial charge in [-0.25, -0.2) is 9.97 Å². The van der Waals surface area contributed by atoms with Crippen LogP contribution < -0.4 is 5.73 Å². The number of aryl methyl sites for hydroxylation is 1. The lowest BCUT2D eigenvalue weighted by atomic mass is 10.1. The van der Waals surface area contributed by atoms with Crippen molar-refractivity contribution in [3.63, 3.8) is 0 Å². The van der Waals surface area contributed by atoms with Crippen LogP contribution in [0.2, 0.25) is 0 Å². The van der Waals surface area contributed by atoms with Gasteiger partial charge in [0.25, 0.3) is 0 Å². The summed E-state index contributed by atoms with van der Waals surface area (Å²) in [5.74, 6) is 0.947. The Bertz CT molecular complexity index is 711. The van der Waals surface area contributed by atoms with Crippen LogP contribution in [0.1, 0.15) is 11.5 Å². The number of oxazole rings is 1. The van der Waals surface area contributed by atoms with Crippen LogP contribution in [0.4, 0.5) is 0 Å². The van der Waals surface area contributed by atoms with Crippen LogP contribution >= 0.6 is 0 Å². The fraction of sp³-hybridized carbons (Fsp3) is 0.231. The second kappa shape index (κ2) is 3.96. The van der Waals surface area contributed by atoms with Gasteiger partial charge in [0.2, 0.25) is 0 Å². The number of hydrogen-bond donors (Lipinski definition) is 1. The summed E-state index contributed by atoms with van der Waals surface area (Å²) in [6.07, 6.45) is 1.45. The lowest BCUT2D eigenvalue weighted by molar-refractivity contribution is 0.602. The number of rotatable bonds is 2. The van der Waals surface area contributed by atoms with Crippen LogP contribution in [0.5, 0.6) is 0 Å². The van der Waals surface area contributed by atoms with E-state index in [1.165, 1.54) is 6.39 Å². The number of nitrogens with two attached hydrogens (primary N) is 1. The lowest BCUT2D eigenvalue weighted by Gasteiger charge is -2.05. The molecule has 5 nitrogen and oxygen atoms in total. The molecule has 0 amide bonds. The van der Waals surface area contributed by atoms with Crippen molar-refractivity contribution in [3.05, 3.63) is 36.1 Å². The molecule has 0 unspecified atom stereocenters. The molecule has 0 saturated heterocycles. The van der Waals surface area contributed by atoms with Gasteiger partial charge in [-0.3, -0.25) is 0 Å². The van der Waals surface area contributed by atoms with Gasteiger partial charge in [0.1, 0.15) is 11.3 Å². The molecule has 3 rings (SSSR count). The summed E-state index contributed by atoms with van der Waals surface area (Å²) in [6, 6.07) is 5.93. The van der Waals surface area contributed by atoms with Crippen LogP contribution in [0, 0.1) is 6.92 Å². The molecule has 2 heterocycles. The molecule has 5 heteroatoms. The molecule has 0 atom stereocenters. The van der Waals surface area contributed by atoms with Gasteiger partial charge in [0.15, 0.2) is 12.0 Å². The summed E-state index contributed by atoms with van der Waals surface area (Å²) in [5.41, 5.74) is 10.4. The number of benzene rings is 1. The zero-order chi connectivity index (χ0) is 12.7. The van der Waals surface area contributed by atoms with Crippen molar-refractivity contribution < 1.29 is 4.42 Å². The van der Waals surface area contributed by atoms with Gasteiger partial charge < -0.3 is 14.7 Å². The fourth-order valence-electron chi connectivity index (χ4n) is 2.18. The van der Waals surface area contributed by atoms with Crippen molar-refractivity contribution >= 4 is 11.1 Å². The van der Waals surface area contributed by atoms with E-state index in [-0.39, 0.29) is 0 Å². The molecule has 3 aromatic rings. The van der Waals surface area contributed by atoms with Crippen LogP contribution in [0.15, 0.2) is 29.0 Å². The summed E-state index contributed by atoms with van der Waals surface area (Å²) < 4.78 is 7.37. The van der Waals surface area contributed by atoms with Crippen LogP contribution in [0.25, 0.3) is 22.4 Å². The van der Waals surface area contributed by atoms with Gasteiger partial charge in [-0.1, -0.05) is 6.07 Å². The van der Waals surface area contributed by atoms with Gasteiger partial charge in [-0.15, -0.1) is 0 Å². The standard InChI is InChI=1S/C13H14N4O/c1-8-16-11(6-14)13(17(8)2)9-3-4-10-12(5-9)18-7-15-10/h3-5,7H,6,14H2,1-2H3. The van der Waals surface area contributed by atoms with E-state index in [9.17, 15) is 0 Å². The Balaban J connectivity index is 2.24. The van der Waals surface area contributed by atoms with E-state index in [4.69, 9.17) is 10.2 Å². The zero-order valence-electron chi connectivity index (χ0n) is 10.3. The number of aromatic nitrogens is 3. The third-order valence-corrected chi connectivity index (χ3v) is 3.19. The van der Waals surface area contributed by atoms with Crippen LogP contribution in [-0.2, 0) is 13.6 Å². The summed E-state index contributed by atoms with van der Waals surface area (Å²) in [6.45, 7) is 2.39. The largest absolute Gasteiger partial charge is 0.443 e. The summed E-state index contributed by atoms with van der Waals surface area (Å²) in [5, 5.41) is 0. The highest BCUT2D eigenvalue weighted by Gasteiger charge is 2.14. The number of imidazole rings is 1. The average molecular weight is 242 g/mol. The monoisotopic (exact) mass is 242 g/mol. The van der Waals surface area contributed by atoms with E-state index in [0.717, 1.165) is 33.9 Å². The van der Waals surface area contributed by atoms with E-state index >= 15 is 0 Å². The maximum Gasteiger partial charge on any atom is 0.181 e. The maximum atomic E-state index is 5.75. The van der Waals surface area contributed by atoms with Crippen LogP contribution in [0.3, 0.4) is 0 Å². The van der Waals surface area contributed by atoms with Crippen molar-refractivity contribution in [2.24, 2.45) is 12.8 Å². The molecule has 18 heavy (non-hydrogen) atoms. The minimum Gasteiger partial charge on any atom is -0.443 e. The molecule has 0 radical (unpaired) electrons. The maximum absolute atomic E-state index is 5.75. The van der Waals surface area contributed by atoms with Gasteiger partial charge in [0.05, 0.1) is 11.4 Å². The Morgan fingerprint density at radius 3 is 3.00 bits per heavy atom. The Kier molecular flexibility index (Phi) is 2.41. The molecule has 0 aliphatic heterocycles. The van der Waals surface area contributed by atoms with Crippen LogP contribution in [-0.4, -0.2) is 14.5 Å². The smallest absolute Gasteiger partial charge is 0.181 e. The summed E-state index contributed by atoms with van der Waals surface area (Å²) >= 11 is 0. The van der Waals surface area contributed by atoms with E-state index in [1.807, 2.05) is 36.7 Å². The van der Waals surface area contributed by atoms with E-state index in [2.05, 4.69) is 9.97 Å². The zero-order valence-corrected chi connectivity index (χ0v) is 10.3. The third kappa shape index (κ3) is 1.52. The molecule has 0 spiro atoms. The van der Waals surface area contributed by atoms with E-state index in [1.54, 1.807) is 0 Å². The van der Waals surface area contributed by atoms with Gasteiger partial charge in [-0.2, -0.15) is 0 Å². The molecular formula is C13H14N4O. The first-order valence-corrected chi connectivity index (χ1v) is 5.76. The molecule has 2 N–H and O–H groups in total. The van der Waals surface area contributed by atoms with Crippen molar-refractivity contribution in [1.82, 2.24) is 14.5 Å². The average Bonchev–Trinajstić information content (AvgIpc) is 2.94. The quantitative estimate of drug-likeness (QED) is 0.746. The first-order chi connectivity index (χ1) is 8.70. The predicted molar refractivity (Wildman–Crippen MR) is 68.8 cm³/mol. The minimum atomic E-state index is 0.422. The molecule has 92 valence electrons. The van der Waals surface area contributed by atoms with Crippen molar-refractivity contribution in [1.29, 1.82) is 0 Å². The highest BCUT2D eigenvalue weighted by Crippen LogP contribution is 2.27. The van der Waals surface area contributed by atoms with Gasteiger partial charge in [-0.05, 0) is 19.1 Å². The topological polar surface area (TPSA) is 69.9 Å². The Hall–Kier alpha value is -2.14. The SMILES string of the molecule is Cc1nc(CN)c(-c2ccc3ncoc3c2)n1C. The second-order valence-corrected chi connectivity index (χ2v) is 4.25. The second-order valence-electron chi connectivity index (χ2n) is 4.25. The van der Waals surface area contributed by atoms with E-state index in [0.29, 0.717) is 6.54 Å². The fourth-order valence-corrected chi connectivity index (χ4v) is 2.18. The Labute approximate surface area is 104 Å². The lowest BCUT2D eigenvalue weighted by Crippen LogP contribution is -2.00. The normalized spacial score (nSPS) is 11.3. The van der Waals surface area contributed by atoms with Crippen molar-refractivity contribution in [2.75, 3.05) is 0 Å². The summed E-state index contributed by atoms with van der Waals surface area (Å²) in [4.78, 5) is 8.57. The highest BCUT2D eigenvalue weighted by molar-refractivity contribution is 5.79. The Morgan fingerprint density at radius 1 is 1.39 bits per heavy atom. The molecule has 0 aliphatic rings. The summed E-state index contributed by atoms with van der Waals surface area (Å²) in [7, 11) is 1.99. The molecule has 0 bridgehead atoms. The molecule has 0 aliphatic carbocycles. The van der Waals surface area contributed by atoms with Gasteiger partial charge in [0, 0.05) is 19.2 Å². The Morgan fingerprint density at radius 2 is 2.22 bits per heavy atom. The molecule has 1 aromatic carbocycles. The number of nitrogens with zero attached hydrogens (tertiary/aromatic N) is 3. The van der Waals surface area contributed by atoms with Crippen molar-refractivity contribution in [2.45, 2.75) is 13.5 Å². The number of fused-ring (bicyclic) bond motifs is 1. The molecular weight excluding hydrogens is 228 g/mol. The van der Waals surface area contributed by atoms with E-state index < -0.39 is 0 Å². The molecule has 2 aromatic heterocycles. The van der Waals surface area contributed by atoms with Gasteiger partial charge >= 0.3 is 0 Å². The molecule has 0 saturated carbocycles. The van der Waals surface area contributed by atoms with Crippen molar-refractivity contribution in [3.8, 4) is 11.3 Å². The molecule has 0 fully saturated rings. The number of hydrogen-bond acceptors (Lipinski definition) is 4. The first-order valence-electron chi connectivity index (χ1n) is 5.76.